The van der Waals surface area contributed by atoms with E-state index in [-0.39, 0.29) is 0 Å². The van der Waals surface area contributed by atoms with E-state index in [2.05, 4.69) is 12.4 Å². The Balaban J connectivity index is 1.72. The first-order chi connectivity index (χ1) is 9.35. The van der Waals surface area contributed by atoms with Crippen LogP contribution in [0.2, 0.25) is 0 Å². The lowest BCUT2D eigenvalue weighted by molar-refractivity contribution is 0.265. The van der Waals surface area contributed by atoms with Gasteiger partial charge in [-0.05, 0) is 57.7 Å². The van der Waals surface area contributed by atoms with Gasteiger partial charge >= 0.3 is 0 Å². The molecule has 19 heavy (non-hydrogen) atoms. The van der Waals surface area contributed by atoms with Gasteiger partial charge in [-0.3, -0.25) is 0 Å². The van der Waals surface area contributed by atoms with Gasteiger partial charge in [0, 0.05) is 6.04 Å². The summed E-state index contributed by atoms with van der Waals surface area (Å²) in [5, 5.41) is 3.41. The lowest BCUT2D eigenvalue weighted by Gasteiger charge is -2.16. The molecule has 3 heteroatoms. The number of benzene rings is 1. The van der Waals surface area contributed by atoms with Crippen molar-refractivity contribution in [3.8, 4) is 11.5 Å². The Kier molecular flexibility index (Phi) is 5.52. The lowest BCUT2D eigenvalue weighted by Crippen LogP contribution is -2.27. The summed E-state index contributed by atoms with van der Waals surface area (Å²) >= 11 is 0. The third kappa shape index (κ3) is 4.43. The van der Waals surface area contributed by atoms with Crippen LogP contribution in [0, 0.1) is 5.92 Å². The zero-order valence-corrected chi connectivity index (χ0v) is 12.0. The van der Waals surface area contributed by atoms with Crippen molar-refractivity contribution in [3.63, 3.8) is 0 Å². The van der Waals surface area contributed by atoms with Gasteiger partial charge in [0.15, 0.2) is 11.5 Å². The SMILES string of the molecule is CCOc1ccccc1OCCCC(NC)C1CC1. The smallest absolute Gasteiger partial charge is 0.161 e. The number of hydrogen-bond acceptors (Lipinski definition) is 3. The maximum Gasteiger partial charge on any atom is 0.161 e. The maximum atomic E-state index is 5.83. The first kappa shape index (κ1) is 14.2. The van der Waals surface area contributed by atoms with E-state index in [1.165, 1.54) is 19.3 Å². The van der Waals surface area contributed by atoms with Crippen molar-refractivity contribution in [1.82, 2.24) is 5.32 Å². The second-order valence-corrected chi connectivity index (χ2v) is 5.10. The molecule has 0 heterocycles. The molecule has 1 aromatic carbocycles. The Labute approximate surface area is 116 Å². The van der Waals surface area contributed by atoms with Gasteiger partial charge in [-0.15, -0.1) is 0 Å². The van der Waals surface area contributed by atoms with Crippen LogP contribution in [0.1, 0.15) is 32.6 Å². The van der Waals surface area contributed by atoms with E-state index in [9.17, 15) is 0 Å². The van der Waals surface area contributed by atoms with Gasteiger partial charge in [0.2, 0.25) is 0 Å². The van der Waals surface area contributed by atoms with E-state index in [4.69, 9.17) is 9.47 Å². The largest absolute Gasteiger partial charge is 0.490 e. The standard InChI is InChI=1S/C16H25NO2/c1-3-18-15-8-4-5-9-16(15)19-12-6-7-14(17-2)13-10-11-13/h4-5,8-9,13-14,17H,3,6-7,10-12H2,1-2H3. The summed E-state index contributed by atoms with van der Waals surface area (Å²) in [7, 11) is 2.06. The molecule has 0 aromatic heterocycles. The van der Waals surface area contributed by atoms with E-state index in [1.807, 2.05) is 31.2 Å². The van der Waals surface area contributed by atoms with E-state index < -0.39 is 0 Å². The van der Waals surface area contributed by atoms with Crippen LogP contribution in [0.3, 0.4) is 0 Å². The average molecular weight is 263 g/mol. The van der Waals surface area contributed by atoms with E-state index in [1.54, 1.807) is 0 Å². The predicted molar refractivity (Wildman–Crippen MR) is 77.9 cm³/mol. The van der Waals surface area contributed by atoms with Gasteiger partial charge in [0.05, 0.1) is 13.2 Å². The molecule has 3 nitrogen and oxygen atoms in total. The van der Waals surface area contributed by atoms with Crippen molar-refractivity contribution < 1.29 is 9.47 Å². The van der Waals surface area contributed by atoms with Gasteiger partial charge in [0.25, 0.3) is 0 Å². The molecule has 0 bridgehead atoms. The number of rotatable bonds is 9. The fourth-order valence-corrected chi connectivity index (χ4v) is 2.44. The first-order valence-electron chi connectivity index (χ1n) is 7.37. The number of hydrogen-bond donors (Lipinski definition) is 1. The van der Waals surface area contributed by atoms with Crippen molar-refractivity contribution >= 4 is 0 Å². The molecule has 106 valence electrons. The van der Waals surface area contributed by atoms with E-state index in [0.29, 0.717) is 12.6 Å². The zero-order chi connectivity index (χ0) is 13.5. The molecule has 1 N–H and O–H groups in total. The lowest BCUT2D eigenvalue weighted by atomic mass is 10.1. The Bertz CT molecular complexity index is 377. The topological polar surface area (TPSA) is 30.5 Å². The van der Waals surface area contributed by atoms with Crippen LogP contribution in [0.15, 0.2) is 24.3 Å². The van der Waals surface area contributed by atoms with Crippen molar-refractivity contribution in [2.24, 2.45) is 5.92 Å². The van der Waals surface area contributed by atoms with E-state index in [0.717, 1.165) is 30.4 Å². The molecule has 1 fully saturated rings. The molecule has 0 spiro atoms. The highest BCUT2D eigenvalue weighted by molar-refractivity contribution is 5.39. The van der Waals surface area contributed by atoms with Gasteiger partial charge in [0.1, 0.15) is 0 Å². The highest BCUT2D eigenvalue weighted by atomic mass is 16.5. The third-order valence-electron chi connectivity index (χ3n) is 3.63. The minimum atomic E-state index is 0.671. The minimum absolute atomic E-state index is 0.671. The van der Waals surface area contributed by atoms with Crippen molar-refractivity contribution in [2.45, 2.75) is 38.6 Å². The molecule has 0 amide bonds. The second-order valence-electron chi connectivity index (χ2n) is 5.10. The Morgan fingerprint density at radius 3 is 2.47 bits per heavy atom. The summed E-state index contributed by atoms with van der Waals surface area (Å²) in [5.41, 5.74) is 0. The summed E-state index contributed by atoms with van der Waals surface area (Å²) in [6.07, 6.45) is 5.06. The molecule has 0 saturated heterocycles. The number of ether oxygens (including phenoxy) is 2. The molecule has 1 saturated carbocycles. The zero-order valence-electron chi connectivity index (χ0n) is 12.0. The monoisotopic (exact) mass is 263 g/mol. The van der Waals surface area contributed by atoms with E-state index >= 15 is 0 Å². The highest BCUT2D eigenvalue weighted by Crippen LogP contribution is 2.34. The fraction of sp³-hybridized carbons (Fsp3) is 0.625. The van der Waals surface area contributed by atoms with Gasteiger partial charge in [-0.25, -0.2) is 0 Å². The Hall–Kier alpha value is -1.22. The van der Waals surface area contributed by atoms with Crippen LogP contribution in [-0.2, 0) is 0 Å². The maximum absolute atomic E-state index is 5.83. The van der Waals surface area contributed by atoms with Crippen LogP contribution >= 0.6 is 0 Å². The summed E-state index contributed by atoms with van der Waals surface area (Å²) in [5.74, 6) is 2.61. The first-order valence-corrected chi connectivity index (χ1v) is 7.37. The van der Waals surface area contributed by atoms with Crippen LogP contribution in [0.5, 0.6) is 11.5 Å². The van der Waals surface area contributed by atoms with Crippen molar-refractivity contribution in [2.75, 3.05) is 20.3 Å². The third-order valence-corrected chi connectivity index (χ3v) is 3.63. The summed E-state index contributed by atoms with van der Waals surface area (Å²) in [6, 6.07) is 8.56. The van der Waals surface area contributed by atoms with Crippen LogP contribution < -0.4 is 14.8 Å². The van der Waals surface area contributed by atoms with Crippen LogP contribution in [-0.4, -0.2) is 26.3 Å². The second kappa shape index (κ2) is 7.39. The molecular formula is C16H25NO2. The molecule has 1 unspecified atom stereocenters. The van der Waals surface area contributed by atoms with Gasteiger partial charge in [-0.2, -0.15) is 0 Å². The molecule has 1 aliphatic carbocycles. The van der Waals surface area contributed by atoms with Crippen molar-refractivity contribution in [1.29, 1.82) is 0 Å². The summed E-state index contributed by atoms with van der Waals surface area (Å²) in [4.78, 5) is 0. The quantitative estimate of drug-likeness (QED) is 0.694. The van der Waals surface area contributed by atoms with Gasteiger partial charge in [-0.1, -0.05) is 12.1 Å². The molecule has 1 aliphatic rings. The molecule has 1 aromatic rings. The predicted octanol–water partition coefficient (Wildman–Crippen LogP) is 3.24. The molecule has 2 rings (SSSR count). The number of nitrogens with one attached hydrogen (secondary N) is 1. The Morgan fingerprint density at radius 1 is 1.21 bits per heavy atom. The van der Waals surface area contributed by atoms with Crippen LogP contribution in [0.25, 0.3) is 0 Å². The molecule has 0 radical (unpaired) electrons. The van der Waals surface area contributed by atoms with Gasteiger partial charge < -0.3 is 14.8 Å². The molecule has 1 atom stereocenters. The average Bonchev–Trinajstić information content (AvgIpc) is 3.25. The molecule has 0 aliphatic heterocycles. The van der Waals surface area contributed by atoms with Crippen LogP contribution in [0.4, 0.5) is 0 Å². The van der Waals surface area contributed by atoms with Crippen molar-refractivity contribution in [3.05, 3.63) is 24.3 Å². The number of para-hydroxylation sites is 2. The normalized spacial score (nSPS) is 16.1. The molecular weight excluding hydrogens is 238 g/mol. The fourth-order valence-electron chi connectivity index (χ4n) is 2.44. The summed E-state index contributed by atoms with van der Waals surface area (Å²) < 4.78 is 11.4. The summed E-state index contributed by atoms with van der Waals surface area (Å²) in [6.45, 7) is 3.42. The Morgan fingerprint density at radius 2 is 1.89 bits per heavy atom. The minimum Gasteiger partial charge on any atom is -0.490 e. The highest BCUT2D eigenvalue weighted by Gasteiger charge is 2.29.